The third-order valence-corrected chi connectivity index (χ3v) is 2.25. The average Bonchev–Trinajstić information content (AvgIpc) is 2.16. The summed E-state index contributed by atoms with van der Waals surface area (Å²) in [6, 6.07) is 2.02. The first kappa shape index (κ1) is 16.4. The number of hydrogen-bond donors (Lipinski definition) is 1. The third kappa shape index (κ3) is 3.43. The van der Waals surface area contributed by atoms with Crippen molar-refractivity contribution in [2.24, 2.45) is 5.73 Å². The molecule has 0 saturated heterocycles. The summed E-state index contributed by atoms with van der Waals surface area (Å²) < 4.78 is 61.6. The molecule has 0 unspecified atom stereocenters. The van der Waals surface area contributed by atoms with Crippen molar-refractivity contribution in [3.63, 3.8) is 0 Å². The zero-order valence-corrected chi connectivity index (χ0v) is 9.71. The van der Waals surface area contributed by atoms with E-state index in [1.165, 1.54) is 12.1 Å². The van der Waals surface area contributed by atoms with Gasteiger partial charge in [-0.1, -0.05) is 23.7 Å². The van der Waals surface area contributed by atoms with Crippen LogP contribution in [0.5, 0.6) is 0 Å². The van der Waals surface area contributed by atoms with Gasteiger partial charge in [0, 0.05) is 5.02 Å². The van der Waals surface area contributed by atoms with Crippen LogP contribution in [0.15, 0.2) is 24.3 Å². The Morgan fingerprint density at radius 3 is 1.76 bits per heavy atom. The number of halogens is 7. The molecule has 0 heterocycles. The highest BCUT2D eigenvalue weighted by atomic mass is 35.5. The van der Waals surface area contributed by atoms with Crippen molar-refractivity contribution in [3.8, 4) is 0 Å². The minimum atomic E-state index is -5.67. The van der Waals surface area contributed by atoms with Gasteiger partial charge in [-0.3, -0.25) is 0 Å². The van der Waals surface area contributed by atoms with E-state index in [9.17, 15) is 22.0 Å². The van der Waals surface area contributed by atoms with Gasteiger partial charge >= 0.3 is 12.1 Å². The van der Waals surface area contributed by atoms with E-state index in [1.807, 2.05) is 0 Å². The van der Waals surface area contributed by atoms with E-state index in [0.29, 0.717) is 0 Å². The molecule has 1 aromatic carbocycles. The molecule has 0 fully saturated rings. The van der Waals surface area contributed by atoms with E-state index in [2.05, 4.69) is 0 Å². The number of nitrogens with two attached hydrogens (primary N) is 1. The van der Waals surface area contributed by atoms with Crippen molar-refractivity contribution < 1.29 is 22.0 Å². The largest absolute Gasteiger partial charge is 0.455 e. The molecule has 1 rings (SSSR count). The predicted molar refractivity (Wildman–Crippen MR) is 56.6 cm³/mol. The molecule has 0 radical (unpaired) electrons. The monoisotopic (exact) mass is 295 g/mol. The maximum atomic E-state index is 12.8. The molecule has 0 aliphatic heterocycles. The van der Waals surface area contributed by atoms with Crippen LogP contribution in [0.25, 0.3) is 0 Å². The van der Waals surface area contributed by atoms with Crippen LogP contribution in [0.2, 0.25) is 5.02 Å². The molecule has 0 aliphatic carbocycles. The lowest BCUT2D eigenvalue weighted by atomic mass is 10.0. The lowest BCUT2D eigenvalue weighted by Gasteiger charge is -2.25. The summed E-state index contributed by atoms with van der Waals surface area (Å²) in [5, 5.41) is 0.228. The van der Waals surface area contributed by atoms with Crippen molar-refractivity contribution in [2.75, 3.05) is 0 Å². The molecular formula is C9H8Cl2F5N. The molecule has 17 heavy (non-hydrogen) atoms. The van der Waals surface area contributed by atoms with Crippen LogP contribution in [0, 0.1) is 0 Å². The van der Waals surface area contributed by atoms with E-state index < -0.39 is 18.1 Å². The summed E-state index contributed by atoms with van der Waals surface area (Å²) in [5.41, 5.74) is 4.57. The van der Waals surface area contributed by atoms with Gasteiger partial charge in [-0.05, 0) is 17.7 Å². The Morgan fingerprint density at radius 2 is 1.41 bits per heavy atom. The number of alkyl halides is 5. The van der Waals surface area contributed by atoms with Crippen molar-refractivity contribution in [3.05, 3.63) is 34.9 Å². The second kappa shape index (κ2) is 5.37. The van der Waals surface area contributed by atoms with Crippen LogP contribution in [0.3, 0.4) is 0 Å². The highest BCUT2D eigenvalue weighted by Crippen LogP contribution is 2.43. The molecular weight excluding hydrogens is 288 g/mol. The molecule has 1 atom stereocenters. The summed E-state index contributed by atoms with van der Waals surface area (Å²) in [4.78, 5) is 0. The molecule has 0 saturated carbocycles. The Bertz CT molecular complexity index is 363. The molecule has 0 aromatic heterocycles. The van der Waals surface area contributed by atoms with E-state index in [-0.39, 0.29) is 23.0 Å². The zero-order chi connectivity index (χ0) is 12.6. The molecule has 0 aliphatic rings. The summed E-state index contributed by atoms with van der Waals surface area (Å²) in [6.45, 7) is 0. The van der Waals surface area contributed by atoms with Gasteiger partial charge in [-0.25, -0.2) is 0 Å². The molecule has 8 heteroatoms. The Labute approximate surface area is 105 Å². The van der Waals surface area contributed by atoms with Crippen LogP contribution >= 0.6 is 24.0 Å². The first-order valence-electron chi connectivity index (χ1n) is 4.12. The molecule has 0 bridgehead atoms. The van der Waals surface area contributed by atoms with E-state index in [4.69, 9.17) is 17.3 Å². The van der Waals surface area contributed by atoms with E-state index in [0.717, 1.165) is 12.1 Å². The molecule has 1 aromatic rings. The molecule has 1 nitrogen and oxygen atoms in total. The van der Waals surface area contributed by atoms with E-state index in [1.54, 1.807) is 0 Å². The van der Waals surface area contributed by atoms with Gasteiger partial charge in [0.15, 0.2) is 0 Å². The summed E-state index contributed by atoms with van der Waals surface area (Å²) >= 11 is 5.47. The molecule has 0 spiro atoms. The maximum Gasteiger partial charge on any atom is 0.455 e. The van der Waals surface area contributed by atoms with Gasteiger partial charge in [0.1, 0.15) is 6.04 Å². The lowest BCUT2D eigenvalue weighted by molar-refractivity contribution is -0.291. The van der Waals surface area contributed by atoms with Crippen LogP contribution in [-0.4, -0.2) is 12.1 Å². The van der Waals surface area contributed by atoms with Gasteiger partial charge in [-0.2, -0.15) is 22.0 Å². The maximum absolute atomic E-state index is 12.8. The minimum absolute atomic E-state index is 0. The van der Waals surface area contributed by atoms with Crippen molar-refractivity contribution >= 4 is 24.0 Å². The average molecular weight is 296 g/mol. The van der Waals surface area contributed by atoms with Gasteiger partial charge in [0.25, 0.3) is 0 Å². The lowest BCUT2D eigenvalue weighted by Crippen LogP contribution is -2.45. The number of hydrogen-bond acceptors (Lipinski definition) is 1. The van der Waals surface area contributed by atoms with Crippen LogP contribution in [0.4, 0.5) is 22.0 Å². The minimum Gasteiger partial charge on any atom is -0.319 e. The van der Waals surface area contributed by atoms with Gasteiger partial charge in [-0.15, -0.1) is 12.4 Å². The highest BCUT2D eigenvalue weighted by molar-refractivity contribution is 6.30. The molecule has 0 amide bonds. The second-order valence-corrected chi connectivity index (χ2v) is 3.59. The number of benzene rings is 1. The zero-order valence-electron chi connectivity index (χ0n) is 8.14. The Hall–Kier alpha value is -0.590. The SMILES string of the molecule is Cl.N[C@@H](c1ccc(Cl)cc1)C(F)(F)C(F)(F)F. The van der Waals surface area contributed by atoms with Crippen LogP contribution in [0.1, 0.15) is 11.6 Å². The van der Waals surface area contributed by atoms with Gasteiger partial charge in [0.2, 0.25) is 0 Å². The predicted octanol–water partition coefficient (Wildman–Crippen LogP) is 3.96. The molecule has 98 valence electrons. The summed E-state index contributed by atoms with van der Waals surface area (Å²) in [7, 11) is 0. The smallest absolute Gasteiger partial charge is 0.319 e. The van der Waals surface area contributed by atoms with Crippen molar-refractivity contribution in [2.45, 2.75) is 18.1 Å². The van der Waals surface area contributed by atoms with E-state index >= 15 is 0 Å². The normalized spacial score (nSPS) is 14.1. The Morgan fingerprint density at radius 1 is 1.00 bits per heavy atom. The fourth-order valence-corrected chi connectivity index (χ4v) is 1.18. The topological polar surface area (TPSA) is 26.0 Å². The first-order valence-corrected chi connectivity index (χ1v) is 4.49. The van der Waals surface area contributed by atoms with Crippen LogP contribution < -0.4 is 5.73 Å². The summed E-state index contributed by atoms with van der Waals surface area (Å²) in [5.74, 6) is -4.97. The second-order valence-electron chi connectivity index (χ2n) is 3.15. The standard InChI is InChI=1S/C9H7ClF5N.ClH/c10-6-3-1-5(2-4-6)7(16)8(11,12)9(13,14)15;/h1-4,7H,16H2;1H/t7-;/m0./s1. The highest BCUT2D eigenvalue weighted by Gasteiger charge is 2.61. The fourth-order valence-electron chi connectivity index (χ4n) is 1.06. The van der Waals surface area contributed by atoms with Gasteiger partial charge in [0.05, 0.1) is 0 Å². The van der Waals surface area contributed by atoms with Crippen molar-refractivity contribution in [1.29, 1.82) is 0 Å². The quantitative estimate of drug-likeness (QED) is 0.821. The van der Waals surface area contributed by atoms with Crippen molar-refractivity contribution in [1.82, 2.24) is 0 Å². The summed E-state index contributed by atoms with van der Waals surface area (Å²) in [6.07, 6.45) is -5.67. The molecule has 2 N–H and O–H groups in total. The van der Waals surface area contributed by atoms with Crippen LogP contribution in [-0.2, 0) is 0 Å². The fraction of sp³-hybridized carbons (Fsp3) is 0.333. The van der Waals surface area contributed by atoms with Gasteiger partial charge < -0.3 is 5.73 Å². The first-order chi connectivity index (χ1) is 7.16. The number of rotatable bonds is 2. The third-order valence-electron chi connectivity index (χ3n) is 2.00. The Kier molecular flexibility index (Phi) is 5.18. The Balaban J connectivity index is 0.00000256.